The van der Waals surface area contributed by atoms with Crippen LogP contribution in [-0.4, -0.2) is 39.6 Å². The summed E-state index contributed by atoms with van der Waals surface area (Å²) in [5, 5.41) is 5.13. The van der Waals surface area contributed by atoms with Gasteiger partial charge in [-0.15, -0.1) is 0 Å². The maximum atomic E-state index is 12.2. The highest BCUT2D eigenvalue weighted by molar-refractivity contribution is 7.93. The fourth-order valence-electron chi connectivity index (χ4n) is 3.10. The highest BCUT2D eigenvalue weighted by Gasteiger charge is 2.28. The minimum atomic E-state index is -3.27. The van der Waals surface area contributed by atoms with Crippen LogP contribution in [0.1, 0.15) is 17.5 Å². The van der Waals surface area contributed by atoms with E-state index in [1.54, 1.807) is 50.4 Å². The van der Waals surface area contributed by atoms with Crippen LogP contribution in [0.25, 0.3) is 0 Å². The topological polar surface area (TPSA) is 105 Å². The molecule has 2 N–H and O–H groups in total. The number of anilines is 2. The highest BCUT2D eigenvalue weighted by Crippen LogP contribution is 2.28. The van der Waals surface area contributed by atoms with E-state index in [1.807, 2.05) is 6.07 Å². The van der Waals surface area contributed by atoms with Crippen molar-refractivity contribution in [2.45, 2.75) is 19.9 Å². The number of nitrogens with zero attached hydrogens (tertiary/aromatic N) is 1. The van der Waals surface area contributed by atoms with E-state index in [4.69, 9.17) is 4.74 Å². The second-order valence-corrected chi connectivity index (χ2v) is 8.74. The lowest BCUT2D eigenvalue weighted by molar-refractivity contribution is -0.136. The van der Waals surface area contributed by atoms with E-state index in [9.17, 15) is 18.0 Å². The zero-order chi connectivity index (χ0) is 21.0. The Hall–Kier alpha value is -3.07. The number of nitrogens with one attached hydrogen (secondary N) is 2. The lowest BCUT2D eigenvalue weighted by Crippen LogP contribution is -2.35. The SMILES string of the molecule is COc1cccc(CNC(=O)C(=O)Nc2ccc(N3CCCS3(=O)=O)cc2C)c1. The summed E-state index contributed by atoms with van der Waals surface area (Å²) in [5.74, 6) is -0.759. The predicted molar refractivity (Wildman–Crippen MR) is 110 cm³/mol. The number of benzene rings is 2. The third kappa shape index (κ3) is 4.86. The van der Waals surface area contributed by atoms with E-state index >= 15 is 0 Å². The Morgan fingerprint density at radius 1 is 1.14 bits per heavy atom. The van der Waals surface area contributed by atoms with Crippen LogP contribution >= 0.6 is 0 Å². The molecule has 1 saturated heterocycles. The van der Waals surface area contributed by atoms with E-state index < -0.39 is 21.8 Å². The predicted octanol–water partition coefficient (Wildman–Crippen LogP) is 1.80. The van der Waals surface area contributed by atoms with Gasteiger partial charge in [-0.05, 0) is 54.8 Å². The average molecular weight is 417 g/mol. The molecular weight excluding hydrogens is 394 g/mol. The summed E-state index contributed by atoms with van der Waals surface area (Å²) in [6, 6.07) is 12.1. The van der Waals surface area contributed by atoms with E-state index in [2.05, 4.69) is 10.6 Å². The number of carbonyl (C=O) groups is 2. The summed E-state index contributed by atoms with van der Waals surface area (Å²) >= 11 is 0. The molecule has 8 nitrogen and oxygen atoms in total. The molecule has 29 heavy (non-hydrogen) atoms. The van der Waals surface area contributed by atoms with Gasteiger partial charge in [0, 0.05) is 18.8 Å². The molecule has 0 aliphatic carbocycles. The first-order valence-electron chi connectivity index (χ1n) is 9.13. The molecule has 0 radical (unpaired) electrons. The Morgan fingerprint density at radius 2 is 1.93 bits per heavy atom. The van der Waals surface area contributed by atoms with Gasteiger partial charge in [0.2, 0.25) is 10.0 Å². The quantitative estimate of drug-likeness (QED) is 0.722. The minimum absolute atomic E-state index is 0.137. The second kappa shape index (κ2) is 8.52. The Morgan fingerprint density at radius 3 is 2.59 bits per heavy atom. The zero-order valence-electron chi connectivity index (χ0n) is 16.3. The maximum absolute atomic E-state index is 12.2. The zero-order valence-corrected chi connectivity index (χ0v) is 17.1. The Kier molecular flexibility index (Phi) is 6.07. The number of ether oxygens (including phenoxy) is 1. The molecular formula is C20H23N3O5S. The van der Waals surface area contributed by atoms with Gasteiger partial charge in [-0.3, -0.25) is 13.9 Å². The van der Waals surface area contributed by atoms with Crippen molar-refractivity contribution in [3.05, 3.63) is 53.6 Å². The lowest BCUT2D eigenvalue weighted by atomic mass is 10.1. The van der Waals surface area contributed by atoms with Gasteiger partial charge in [0.05, 0.1) is 18.6 Å². The number of hydrogen-bond acceptors (Lipinski definition) is 5. The van der Waals surface area contributed by atoms with Gasteiger partial charge in [0.15, 0.2) is 0 Å². The van der Waals surface area contributed by atoms with Gasteiger partial charge in [-0.1, -0.05) is 12.1 Å². The lowest BCUT2D eigenvalue weighted by Gasteiger charge is -2.18. The minimum Gasteiger partial charge on any atom is -0.497 e. The highest BCUT2D eigenvalue weighted by atomic mass is 32.2. The molecule has 0 bridgehead atoms. The van der Waals surface area contributed by atoms with Crippen LogP contribution in [0.4, 0.5) is 11.4 Å². The smallest absolute Gasteiger partial charge is 0.313 e. The number of carbonyl (C=O) groups excluding carboxylic acids is 2. The Bertz CT molecular complexity index is 1040. The molecule has 1 aliphatic heterocycles. The van der Waals surface area contributed by atoms with Crippen molar-refractivity contribution in [3.63, 3.8) is 0 Å². The summed E-state index contributed by atoms with van der Waals surface area (Å²) in [7, 11) is -1.72. The first-order valence-corrected chi connectivity index (χ1v) is 10.7. The molecule has 1 fully saturated rings. The van der Waals surface area contributed by atoms with Crippen LogP contribution in [-0.2, 0) is 26.2 Å². The molecule has 2 amide bonds. The number of hydrogen-bond donors (Lipinski definition) is 2. The molecule has 154 valence electrons. The standard InChI is InChI=1S/C20H23N3O5S/c1-14-11-16(23-9-4-10-29(23,26)27)7-8-18(14)22-20(25)19(24)21-13-15-5-3-6-17(12-15)28-2/h3,5-8,11-12H,4,9-10,13H2,1-2H3,(H,21,24)(H,22,25). The van der Waals surface area contributed by atoms with E-state index in [-0.39, 0.29) is 12.3 Å². The fourth-order valence-corrected chi connectivity index (χ4v) is 4.65. The van der Waals surface area contributed by atoms with Gasteiger partial charge in [-0.25, -0.2) is 8.42 Å². The number of rotatable bonds is 5. The fraction of sp³-hybridized carbons (Fsp3) is 0.300. The van der Waals surface area contributed by atoms with Crippen LogP contribution < -0.4 is 19.7 Å². The summed E-state index contributed by atoms with van der Waals surface area (Å²) in [4.78, 5) is 24.3. The Balaban J connectivity index is 1.61. The molecule has 0 unspecified atom stereocenters. The molecule has 0 saturated carbocycles. The summed E-state index contributed by atoms with van der Waals surface area (Å²) in [5.41, 5.74) is 2.48. The van der Waals surface area contributed by atoms with E-state index in [0.717, 1.165) is 5.56 Å². The van der Waals surface area contributed by atoms with Crippen LogP contribution in [0.3, 0.4) is 0 Å². The molecule has 0 atom stereocenters. The van der Waals surface area contributed by atoms with Crippen molar-refractivity contribution in [2.24, 2.45) is 0 Å². The molecule has 2 aromatic rings. The van der Waals surface area contributed by atoms with Crippen molar-refractivity contribution in [2.75, 3.05) is 29.0 Å². The normalized spacial score (nSPS) is 15.0. The molecule has 2 aromatic carbocycles. The van der Waals surface area contributed by atoms with Gasteiger partial charge in [-0.2, -0.15) is 0 Å². The number of amides is 2. The molecule has 3 rings (SSSR count). The van der Waals surface area contributed by atoms with Crippen LogP contribution in [0, 0.1) is 6.92 Å². The van der Waals surface area contributed by atoms with Gasteiger partial charge in [0.1, 0.15) is 5.75 Å². The average Bonchev–Trinajstić information content (AvgIpc) is 3.06. The van der Waals surface area contributed by atoms with Crippen molar-refractivity contribution in [1.29, 1.82) is 0 Å². The number of sulfonamides is 1. The monoisotopic (exact) mass is 417 g/mol. The van der Waals surface area contributed by atoms with Crippen LogP contribution in [0.5, 0.6) is 5.75 Å². The third-order valence-corrected chi connectivity index (χ3v) is 6.51. The summed E-state index contributed by atoms with van der Waals surface area (Å²) in [6.07, 6.45) is 0.591. The van der Waals surface area contributed by atoms with E-state index in [0.29, 0.717) is 35.7 Å². The van der Waals surface area contributed by atoms with Crippen molar-refractivity contribution >= 4 is 33.2 Å². The van der Waals surface area contributed by atoms with Crippen LogP contribution in [0.15, 0.2) is 42.5 Å². The van der Waals surface area contributed by atoms with Crippen molar-refractivity contribution in [1.82, 2.24) is 5.32 Å². The molecule has 0 spiro atoms. The summed E-state index contributed by atoms with van der Waals surface area (Å²) in [6.45, 7) is 2.38. The molecule has 9 heteroatoms. The van der Waals surface area contributed by atoms with Gasteiger partial charge >= 0.3 is 11.8 Å². The third-order valence-electron chi connectivity index (χ3n) is 4.64. The first-order chi connectivity index (χ1) is 13.8. The molecule has 0 aromatic heterocycles. The molecule has 1 heterocycles. The van der Waals surface area contributed by atoms with E-state index in [1.165, 1.54) is 4.31 Å². The number of aryl methyl sites for hydroxylation is 1. The maximum Gasteiger partial charge on any atom is 0.313 e. The summed E-state index contributed by atoms with van der Waals surface area (Å²) < 4.78 is 30.6. The first kappa shape index (κ1) is 20.7. The van der Waals surface area contributed by atoms with Crippen molar-refractivity contribution in [3.8, 4) is 5.75 Å². The van der Waals surface area contributed by atoms with Gasteiger partial charge in [0.25, 0.3) is 0 Å². The molecule has 1 aliphatic rings. The Labute approximate surface area is 169 Å². The second-order valence-electron chi connectivity index (χ2n) is 6.73. The largest absolute Gasteiger partial charge is 0.497 e. The van der Waals surface area contributed by atoms with Gasteiger partial charge < -0.3 is 15.4 Å². The van der Waals surface area contributed by atoms with Crippen LogP contribution in [0.2, 0.25) is 0 Å². The number of methoxy groups -OCH3 is 1. The van der Waals surface area contributed by atoms with Crippen molar-refractivity contribution < 1.29 is 22.7 Å².